The predicted octanol–water partition coefficient (Wildman–Crippen LogP) is 1.52. The minimum absolute atomic E-state index is 0.376. The quantitative estimate of drug-likeness (QED) is 0.506. The van der Waals surface area contributed by atoms with E-state index in [1.807, 2.05) is 25.1 Å². The highest BCUT2D eigenvalue weighted by Crippen LogP contribution is 2.31. The fourth-order valence-electron chi connectivity index (χ4n) is 2.67. The first-order chi connectivity index (χ1) is 10.7. The normalized spacial score (nSPS) is 21.1. The van der Waals surface area contributed by atoms with Crippen LogP contribution in [0, 0.1) is 0 Å². The van der Waals surface area contributed by atoms with Gasteiger partial charge >= 0.3 is 0 Å². The van der Waals surface area contributed by atoms with Crippen molar-refractivity contribution in [3.63, 3.8) is 0 Å². The van der Waals surface area contributed by atoms with Gasteiger partial charge in [-0.05, 0) is 31.3 Å². The molecule has 0 aromatic carbocycles. The summed E-state index contributed by atoms with van der Waals surface area (Å²) in [6, 6.07) is 5.74. The molecule has 2 saturated heterocycles. The number of piperidine rings is 1. The summed E-state index contributed by atoms with van der Waals surface area (Å²) < 4.78 is 11.4. The highest BCUT2D eigenvalue weighted by molar-refractivity contribution is 7.80. The maximum absolute atomic E-state index is 5.72. The SMILES string of the molecule is C/C(=N/NC(=S)N1CCC2(CC1)OCCO2)c1ccccn1. The number of rotatable bonds is 2. The summed E-state index contributed by atoms with van der Waals surface area (Å²) in [5, 5.41) is 4.95. The fourth-order valence-corrected chi connectivity index (χ4v) is 2.90. The lowest BCUT2D eigenvalue weighted by molar-refractivity contribution is -0.180. The van der Waals surface area contributed by atoms with Gasteiger partial charge in [0.05, 0.1) is 24.6 Å². The van der Waals surface area contributed by atoms with Crippen LogP contribution in [-0.2, 0) is 9.47 Å². The summed E-state index contributed by atoms with van der Waals surface area (Å²) in [5.74, 6) is -0.376. The summed E-state index contributed by atoms with van der Waals surface area (Å²) in [6.07, 6.45) is 3.41. The zero-order valence-electron chi connectivity index (χ0n) is 12.6. The first kappa shape index (κ1) is 15.3. The number of thiocarbonyl (C=S) groups is 1. The molecule has 1 N–H and O–H groups in total. The Balaban J connectivity index is 1.52. The molecule has 118 valence electrons. The zero-order chi connectivity index (χ0) is 15.4. The van der Waals surface area contributed by atoms with Crippen LogP contribution < -0.4 is 5.43 Å². The third kappa shape index (κ3) is 3.43. The largest absolute Gasteiger partial charge is 0.347 e. The summed E-state index contributed by atoms with van der Waals surface area (Å²) in [6.45, 7) is 4.91. The van der Waals surface area contributed by atoms with E-state index in [-0.39, 0.29) is 5.79 Å². The van der Waals surface area contributed by atoms with Crippen LogP contribution in [0.1, 0.15) is 25.5 Å². The zero-order valence-corrected chi connectivity index (χ0v) is 13.4. The molecule has 6 nitrogen and oxygen atoms in total. The fraction of sp³-hybridized carbons (Fsp3) is 0.533. The Bertz CT molecular complexity index is 548. The van der Waals surface area contributed by atoms with Gasteiger partial charge in [0.1, 0.15) is 0 Å². The lowest BCUT2D eigenvalue weighted by Gasteiger charge is -2.38. The first-order valence-corrected chi connectivity index (χ1v) is 7.88. The van der Waals surface area contributed by atoms with Crippen LogP contribution in [0.15, 0.2) is 29.5 Å². The monoisotopic (exact) mass is 320 g/mol. The van der Waals surface area contributed by atoms with Crippen LogP contribution in [-0.4, -0.2) is 52.8 Å². The Hall–Kier alpha value is -1.57. The van der Waals surface area contributed by atoms with Crippen molar-refractivity contribution in [2.24, 2.45) is 5.10 Å². The molecule has 0 radical (unpaired) electrons. The highest BCUT2D eigenvalue weighted by atomic mass is 32.1. The molecule has 2 fully saturated rings. The van der Waals surface area contributed by atoms with Crippen LogP contribution >= 0.6 is 12.2 Å². The van der Waals surface area contributed by atoms with Crippen molar-refractivity contribution in [3.05, 3.63) is 30.1 Å². The van der Waals surface area contributed by atoms with E-state index < -0.39 is 0 Å². The molecule has 0 atom stereocenters. The molecular formula is C15H20N4O2S. The maximum Gasteiger partial charge on any atom is 0.189 e. The van der Waals surface area contributed by atoms with Gasteiger partial charge in [-0.3, -0.25) is 10.4 Å². The summed E-state index contributed by atoms with van der Waals surface area (Å²) >= 11 is 5.41. The molecule has 1 aromatic heterocycles. The molecule has 2 aliphatic rings. The minimum atomic E-state index is -0.376. The molecule has 0 amide bonds. The van der Waals surface area contributed by atoms with Gasteiger partial charge in [-0.2, -0.15) is 5.10 Å². The Kier molecular flexibility index (Phi) is 4.66. The number of hydrazone groups is 1. The second-order valence-electron chi connectivity index (χ2n) is 5.42. The lowest BCUT2D eigenvalue weighted by Crippen LogP contribution is -2.49. The molecule has 0 unspecified atom stereocenters. The van der Waals surface area contributed by atoms with Crippen molar-refractivity contribution < 1.29 is 9.47 Å². The van der Waals surface area contributed by atoms with E-state index >= 15 is 0 Å². The average molecular weight is 320 g/mol. The van der Waals surface area contributed by atoms with E-state index in [9.17, 15) is 0 Å². The molecule has 22 heavy (non-hydrogen) atoms. The third-order valence-electron chi connectivity index (χ3n) is 3.98. The Morgan fingerprint density at radius 1 is 1.32 bits per heavy atom. The number of aromatic nitrogens is 1. The van der Waals surface area contributed by atoms with Crippen LogP contribution in [0.4, 0.5) is 0 Å². The second-order valence-corrected chi connectivity index (χ2v) is 5.81. The number of nitrogens with one attached hydrogen (secondary N) is 1. The van der Waals surface area contributed by atoms with Gasteiger partial charge in [0.2, 0.25) is 0 Å². The van der Waals surface area contributed by atoms with Crippen molar-refractivity contribution in [1.82, 2.24) is 15.3 Å². The Morgan fingerprint density at radius 3 is 2.68 bits per heavy atom. The van der Waals surface area contributed by atoms with Gasteiger partial charge in [0.25, 0.3) is 0 Å². The van der Waals surface area contributed by atoms with Gasteiger partial charge in [-0.1, -0.05) is 6.07 Å². The number of ether oxygens (including phenoxy) is 2. The average Bonchev–Trinajstić information content (AvgIpc) is 3.02. The standard InChI is InChI=1S/C15H20N4O2S/c1-12(13-4-2-3-7-16-13)17-18-14(22)19-8-5-15(6-9-19)20-10-11-21-15/h2-4,7H,5-6,8-11H2,1H3,(H,18,22)/b17-12-. The maximum atomic E-state index is 5.72. The van der Waals surface area contributed by atoms with E-state index in [0.717, 1.165) is 37.3 Å². The predicted molar refractivity (Wildman–Crippen MR) is 87.6 cm³/mol. The number of pyridine rings is 1. The number of likely N-dealkylation sites (tertiary alicyclic amines) is 1. The van der Waals surface area contributed by atoms with Crippen molar-refractivity contribution in [3.8, 4) is 0 Å². The lowest BCUT2D eigenvalue weighted by atomic mass is 10.0. The van der Waals surface area contributed by atoms with E-state index in [4.69, 9.17) is 21.7 Å². The molecule has 3 rings (SSSR count). The Labute approximate surface area is 135 Å². The molecule has 0 bridgehead atoms. The van der Waals surface area contributed by atoms with Gasteiger partial charge < -0.3 is 14.4 Å². The topological polar surface area (TPSA) is 59.0 Å². The van der Waals surface area contributed by atoms with Crippen molar-refractivity contribution >= 4 is 23.0 Å². The first-order valence-electron chi connectivity index (χ1n) is 7.47. The van der Waals surface area contributed by atoms with E-state index in [1.165, 1.54) is 0 Å². The second kappa shape index (κ2) is 6.68. The van der Waals surface area contributed by atoms with Gasteiger partial charge in [0.15, 0.2) is 10.9 Å². The van der Waals surface area contributed by atoms with Crippen LogP contribution in [0.3, 0.4) is 0 Å². The van der Waals surface area contributed by atoms with Gasteiger partial charge in [-0.25, -0.2) is 0 Å². The molecule has 0 saturated carbocycles. The molecule has 0 aliphatic carbocycles. The molecular weight excluding hydrogens is 300 g/mol. The summed E-state index contributed by atoms with van der Waals surface area (Å²) in [4.78, 5) is 6.35. The van der Waals surface area contributed by atoms with Crippen LogP contribution in [0.2, 0.25) is 0 Å². The Morgan fingerprint density at radius 2 is 2.05 bits per heavy atom. The molecule has 7 heteroatoms. The van der Waals surface area contributed by atoms with Crippen molar-refractivity contribution in [2.45, 2.75) is 25.6 Å². The van der Waals surface area contributed by atoms with Crippen LogP contribution in [0.25, 0.3) is 0 Å². The highest BCUT2D eigenvalue weighted by Gasteiger charge is 2.40. The van der Waals surface area contributed by atoms with Crippen molar-refractivity contribution in [2.75, 3.05) is 26.3 Å². The van der Waals surface area contributed by atoms with Crippen LogP contribution in [0.5, 0.6) is 0 Å². The van der Waals surface area contributed by atoms with E-state index in [1.54, 1.807) is 6.20 Å². The van der Waals surface area contributed by atoms with Gasteiger partial charge in [0, 0.05) is 32.1 Å². The molecule has 1 spiro atoms. The molecule has 2 aliphatic heterocycles. The summed E-state index contributed by atoms with van der Waals surface area (Å²) in [5.41, 5.74) is 4.59. The number of hydrogen-bond donors (Lipinski definition) is 1. The van der Waals surface area contributed by atoms with Gasteiger partial charge in [-0.15, -0.1) is 0 Å². The smallest absolute Gasteiger partial charge is 0.189 e. The minimum Gasteiger partial charge on any atom is -0.347 e. The number of hydrogen-bond acceptors (Lipinski definition) is 5. The number of nitrogens with zero attached hydrogens (tertiary/aromatic N) is 3. The van der Waals surface area contributed by atoms with E-state index in [2.05, 4.69) is 20.4 Å². The summed E-state index contributed by atoms with van der Waals surface area (Å²) in [7, 11) is 0. The molecule has 3 heterocycles. The van der Waals surface area contributed by atoms with Crippen molar-refractivity contribution in [1.29, 1.82) is 0 Å². The third-order valence-corrected chi connectivity index (χ3v) is 4.33. The van der Waals surface area contributed by atoms with E-state index in [0.29, 0.717) is 18.3 Å². The molecule has 1 aromatic rings.